The fraction of sp³-hybridized carbons (Fsp3) is 0.304. The molecular formula is C23H25F3N6O2. The zero-order valence-electron chi connectivity index (χ0n) is 19.1. The van der Waals surface area contributed by atoms with E-state index in [1.165, 1.54) is 37.3 Å². The minimum atomic E-state index is -2.80. The molecule has 1 amide bonds. The zero-order chi connectivity index (χ0) is 25.0. The largest absolute Gasteiger partial charge is 0.456 e. The molecule has 3 N–H and O–H groups in total. The number of amides is 1. The molecule has 1 unspecified atom stereocenters. The summed E-state index contributed by atoms with van der Waals surface area (Å²) in [6, 6.07) is 8.31. The Balaban J connectivity index is 2.25. The van der Waals surface area contributed by atoms with Gasteiger partial charge in [0.05, 0.1) is 17.8 Å². The van der Waals surface area contributed by atoms with Gasteiger partial charge < -0.3 is 15.8 Å². The number of rotatable bonds is 8. The smallest absolute Gasteiger partial charge is 0.280 e. The van der Waals surface area contributed by atoms with Crippen LogP contribution < -0.4 is 15.8 Å². The second-order valence-corrected chi connectivity index (χ2v) is 7.81. The van der Waals surface area contributed by atoms with Gasteiger partial charge in [0.15, 0.2) is 6.23 Å². The van der Waals surface area contributed by atoms with Crippen molar-refractivity contribution in [1.82, 2.24) is 25.2 Å². The molecule has 0 spiro atoms. The average molecular weight is 474 g/mol. The van der Waals surface area contributed by atoms with Crippen LogP contribution in [-0.4, -0.2) is 52.6 Å². The first-order chi connectivity index (χ1) is 16.0. The van der Waals surface area contributed by atoms with Gasteiger partial charge in [0.25, 0.3) is 6.43 Å². The van der Waals surface area contributed by atoms with Gasteiger partial charge in [0.2, 0.25) is 17.7 Å². The van der Waals surface area contributed by atoms with E-state index in [4.69, 9.17) is 10.5 Å². The lowest BCUT2D eigenvalue weighted by molar-refractivity contribution is -0.119. The number of carbonyl (C=O) groups is 1. The Morgan fingerprint density at radius 1 is 1.12 bits per heavy atom. The van der Waals surface area contributed by atoms with Gasteiger partial charge in [-0.3, -0.25) is 14.7 Å². The topological polar surface area (TPSA) is 106 Å². The highest BCUT2D eigenvalue weighted by Crippen LogP contribution is 2.39. The Bertz CT molecular complexity index is 1170. The lowest BCUT2D eigenvalue weighted by Gasteiger charge is -2.26. The molecule has 11 heteroatoms. The van der Waals surface area contributed by atoms with Crippen molar-refractivity contribution in [3.8, 4) is 28.3 Å². The second kappa shape index (κ2) is 10.5. The van der Waals surface area contributed by atoms with Gasteiger partial charge in [-0.15, -0.1) is 0 Å². The second-order valence-electron chi connectivity index (χ2n) is 7.81. The summed E-state index contributed by atoms with van der Waals surface area (Å²) in [5, 5.41) is 2.68. The van der Waals surface area contributed by atoms with E-state index < -0.39 is 24.2 Å². The van der Waals surface area contributed by atoms with Crippen LogP contribution in [0.15, 0.2) is 36.4 Å². The van der Waals surface area contributed by atoms with Crippen molar-refractivity contribution in [3.63, 3.8) is 0 Å². The Labute approximate surface area is 195 Å². The minimum Gasteiger partial charge on any atom is -0.456 e. The Hall–Kier alpha value is -3.73. The predicted octanol–water partition coefficient (Wildman–Crippen LogP) is 3.58. The summed E-state index contributed by atoms with van der Waals surface area (Å²) in [5.41, 5.74) is 7.24. The van der Waals surface area contributed by atoms with Gasteiger partial charge in [-0.25, -0.2) is 18.2 Å². The maximum atomic E-state index is 13.6. The van der Waals surface area contributed by atoms with Crippen LogP contribution in [-0.2, 0) is 4.79 Å². The highest BCUT2D eigenvalue weighted by molar-refractivity contribution is 5.85. The Morgan fingerprint density at radius 2 is 1.79 bits per heavy atom. The third-order valence-electron chi connectivity index (χ3n) is 4.85. The number of likely N-dealkylation sites (N-methyl/N-ethyl adjacent to an activating group) is 1. The molecular weight excluding hydrogens is 449 g/mol. The predicted molar refractivity (Wildman–Crippen MR) is 122 cm³/mol. The molecule has 0 radical (unpaired) electrons. The van der Waals surface area contributed by atoms with E-state index >= 15 is 0 Å². The maximum Gasteiger partial charge on any atom is 0.280 e. The summed E-state index contributed by atoms with van der Waals surface area (Å²) in [6.45, 7) is 3.08. The van der Waals surface area contributed by atoms with Crippen LogP contribution in [0.25, 0.3) is 22.4 Å². The zero-order valence-corrected chi connectivity index (χ0v) is 19.1. The van der Waals surface area contributed by atoms with Gasteiger partial charge >= 0.3 is 0 Å². The number of nitrogen functional groups attached to an aromatic ring is 1. The van der Waals surface area contributed by atoms with Gasteiger partial charge in [-0.1, -0.05) is 0 Å². The van der Waals surface area contributed by atoms with Crippen LogP contribution in [0.1, 0.15) is 24.7 Å². The fourth-order valence-corrected chi connectivity index (χ4v) is 3.26. The summed E-state index contributed by atoms with van der Waals surface area (Å²) in [6.07, 6.45) is -3.48. The van der Waals surface area contributed by atoms with Crippen LogP contribution in [0.3, 0.4) is 0 Å². The quantitative estimate of drug-likeness (QED) is 0.481. The molecule has 0 saturated carbocycles. The summed E-state index contributed by atoms with van der Waals surface area (Å²) in [4.78, 5) is 25.6. The standard InChI is InChI=1S/C23H25F3N6O2/c1-12-9-15(10-17(29-12)21(25)26)19-20(14-5-7-16(24)8-6-14)30-23(27)31-22(19)34-18(32(3)4)11-28-13(2)33/h5-10,18,21H,11H2,1-4H3,(H,28,33)(H2,27,30,31). The number of hydrogen-bond acceptors (Lipinski definition) is 7. The van der Waals surface area contributed by atoms with E-state index in [0.717, 1.165) is 0 Å². The fourth-order valence-electron chi connectivity index (χ4n) is 3.26. The highest BCUT2D eigenvalue weighted by atomic mass is 19.3. The number of carbonyl (C=O) groups excluding carboxylic acids is 1. The molecule has 0 bridgehead atoms. The number of hydrogen-bond donors (Lipinski definition) is 2. The molecule has 3 aromatic rings. The monoisotopic (exact) mass is 474 g/mol. The molecule has 2 heterocycles. The first-order valence-electron chi connectivity index (χ1n) is 10.3. The summed E-state index contributed by atoms with van der Waals surface area (Å²) in [5.74, 6) is -0.820. The number of pyridine rings is 1. The van der Waals surface area contributed by atoms with Gasteiger partial charge in [-0.05, 0) is 63.0 Å². The van der Waals surface area contributed by atoms with Crippen molar-refractivity contribution in [2.75, 3.05) is 26.4 Å². The maximum absolute atomic E-state index is 13.6. The number of benzene rings is 1. The molecule has 1 aromatic carbocycles. The van der Waals surface area contributed by atoms with Gasteiger partial charge in [0, 0.05) is 18.2 Å². The van der Waals surface area contributed by atoms with E-state index in [2.05, 4.69) is 20.3 Å². The van der Waals surface area contributed by atoms with Crippen LogP contribution in [0.2, 0.25) is 0 Å². The van der Waals surface area contributed by atoms with Crippen molar-refractivity contribution < 1.29 is 22.7 Å². The van der Waals surface area contributed by atoms with Crippen molar-refractivity contribution in [2.45, 2.75) is 26.5 Å². The van der Waals surface area contributed by atoms with Gasteiger partial charge in [0.1, 0.15) is 11.5 Å². The van der Waals surface area contributed by atoms with E-state index in [9.17, 15) is 18.0 Å². The van der Waals surface area contributed by atoms with Crippen LogP contribution in [0, 0.1) is 12.7 Å². The summed E-state index contributed by atoms with van der Waals surface area (Å²) in [7, 11) is 3.48. The lowest BCUT2D eigenvalue weighted by atomic mass is 9.99. The number of ether oxygens (including phenoxy) is 1. The van der Waals surface area contributed by atoms with Crippen LogP contribution in [0.5, 0.6) is 5.88 Å². The molecule has 0 saturated heterocycles. The number of halogens is 3. The van der Waals surface area contributed by atoms with Gasteiger partial charge in [-0.2, -0.15) is 4.98 Å². The van der Waals surface area contributed by atoms with Crippen LogP contribution in [0.4, 0.5) is 19.1 Å². The van der Waals surface area contributed by atoms with Crippen molar-refractivity contribution in [3.05, 3.63) is 53.6 Å². The first kappa shape index (κ1) is 24.9. The number of alkyl halides is 2. The number of nitrogens with two attached hydrogens (primary N) is 1. The Morgan fingerprint density at radius 3 is 2.38 bits per heavy atom. The number of nitrogens with zero attached hydrogens (tertiary/aromatic N) is 4. The molecule has 34 heavy (non-hydrogen) atoms. The van der Waals surface area contributed by atoms with E-state index in [1.54, 1.807) is 32.0 Å². The van der Waals surface area contributed by atoms with Crippen LogP contribution >= 0.6 is 0 Å². The lowest BCUT2D eigenvalue weighted by Crippen LogP contribution is -2.43. The number of aromatic nitrogens is 3. The molecule has 2 aromatic heterocycles. The molecule has 1 atom stereocenters. The van der Waals surface area contributed by atoms with Crippen molar-refractivity contribution in [2.24, 2.45) is 0 Å². The summed E-state index contributed by atoms with van der Waals surface area (Å²) < 4.78 is 46.8. The molecule has 0 aliphatic rings. The Kier molecular flexibility index (Phi) is 7.67. The first-order valence-corrected chi connectivity index (χ1v) is 10.3. The highest BCUT2D eigenvalue weighted by Gasteiger charge is 2.24. The van der Waals surface area contributed by atoms with E-state index in [-0.39, 0.29) is 35.5 Å². The molecule has 180 valence electrons. The summed E-state index contributed by atoms with van der Waals surface area (Å²) >= 11 is 0. The third kappa shape index (κ3) is 5.98. The minimum absolute atomic E-state index is 0.0155. The number of anilines is 1. The normalized spacial score (nSPS) is 12.1. The number of nitrogens with one attached hydrogen (secondary N) is 1. The molecule has 8 nitrogen and oxygen atoms in total. The van der Waals surface area contributed by atoms with Crippen molar-refractivity contribution in [1.29, 1.82) is 0 Å². The third-order valence-corrected chi connectivity index (χ3v) is 4.85. The molecule has 0 fully saturated rings. The average Bonchev–Trinajstić information content (AvgIpc) is 2.75. The molecule has 3 rings (SSSR count). The molecule has 0 aliphatic heterocycles. The van der Waals surface area contributed by atoms with E-state index in [1.807, 2.05) is 0 Å². The number of aryl methyl sites for hydroxylation is 1. The SMILES string of the molecule is CC(=O)NCC(Oc1nc(N)nc(-c2ccc(F)cc2)c1-c1cc(C)nc(C(F)F)c1)N(C)C. The van der Waals surface area contributed by atoms with E-state index in [0.29, 0.717) is 16.8 Å². The molecule has 0 aliphatic carbocycles. The van der Waals surface area contributed by atoms with Crippen molar-refractivity contribution >= 4 is 11.9 Å².